The van der Waals surface area contributed by atoms with Gasteiger partial charge in [0, 0.05) is 43.0 Å². The number of aryl methyl sites for hydroxylation is 1. The number of nitrogens with zero attached hydrogens (tertiary/aromatic N) is 2. The maximum Gasteiger partial charge on any atom is 0.245 e. The predicted molar refractivity (Wildman–Crippen MR) is 133 cm³/mol. The number of hydroxylamine groups is 1. The van der Waals surface area contributed by atoms with Crippen LogP contribution in [-0.2, 0) is 29.0 Å². The van der Waals surface area contributed by atoms with Gasteiger partial charge in [-0.2, -0.15) is 5.10 Å². The number of nitrogens with one attached hydrogen (secondary N) is 2. The number of rotatable bonds is 14. The molecule has 0 radical (unpaired) electrons. The van der Waals surface area contributed by atoms with Crippen LogP contribution in [0.25, 0.3) is 0 Å². The van der Waals surface area contributed by atoms with Crippen molar-refractivity contribution >= 4 is 17.5 Å². The normalized spacial score (nSPS) is 12.9. The quantitative estimate of drug-likeness (QED) is 0.172. The molecule has 3 N–H and O–H groups in total. The van der Waals surface area contributed by atoms with Crippen LogP contribution in [0.3, 0.4) is 0 Å². The fourth-order valence-electron chi connectivity index (χ4n) is 4.11. The second-order valence-corrected chi connectivity index (χ2v) is 8.88. The van der Waals surface area contributed by atoms with Gasteiger partial charge < -0.3 is 10.1 Å². The zero-order chi connectivity index (χ0) is 25.0. The fourth-order valence-corrected chi connectivity index (χ4v) is 4.24. The van der Waals surface area contributed by atoms with Crippen molar-refractivity contribution < 1.29 is 19.1 Å². The second kappa shape index (κ2) is 13.9. The zero-order valence-corrected chi connectivity index (χ0v) is 20.5. The number of hydrogen-bond donors (Lipinski definition) is 3. The molecule has 2 aromatic carbocycles. The summed E-state index contributed by atoms with van der Waals surface area (Å²) >= 11 is 6.05. The summed E-state index contributed by atoms with van der Waals surface area (Å²) in [5, 5.41) is 17.6. The Labute approximate surface area is 210 Å². The Morgan fingerprint density at radius 3 is 2.51 bits per heavy atom. The number of aromatic nitrogens is 2. The minimum atomic E-state index is -0.503. The third kappa shape index (κ3) is 8.43. The Balaban J connectivity index is 1.61. The molecule has 7 nitrogen and oxygen atoms in total. The Hall–Kier alpha value is -2.78. The molecule has 0 bridgehead atoms. The van der Waals surface area contributed by atoms with E-state index in [0.717, 1.165) is 42.8 Å². The summed E-state index contributed by atoms with van der Waals surface area (Å²) < 4.78 is 20.7. The molecule has 1 aromatic heterocycles. The van der Waals surface area contributed by atoms with Gasteiger partial charge in [0.05, 0.1) is 12.5 Å². The Bertz CT molecular complexity index is 1040. The van der Waals surface area contributed by atoms with Crippen LogP contribution in [0.15, 0.2) is 60.8 Å². The minimum Gasteiger partial charge on any atom is -0.380 e. The van der Waals surface area contributed by atoms with Gasteiger partial charge in [-0.25, -0.2) is 9.87 Å². The summed E-state index contributed by atoms with van der Waals surface area (Å²) in [6.07, 6.45) is 3.81. The van der Waals surface area contributed by atoms with Gasteiger partial charge in [0.15, 0.2) is 0 Å². The number of benzene rings is 2. The van der Waals surface area contributed by atoms with E-state index in [9.17, 15) is 9.18 Å². The molecule has 2 unspecified atom stereocenters. The molecule has 1 amide bonds. The van der Waals surface area contributed by atoms with Crippen molar-refractivity contribution in [3.05, 3.63) is 88.5 Å². The van der Waals surface area contributed by atoms with Gasteiger partial charge >= 0.3 is 0 Å². The molecule has 0 saturated heterocycles. The van der Waals surface area contributed by atoms with E-state index >= 15 is 0 Å². The number of ether oxygens (including phenoxy) is 1. The molecular formula is C26H32ClFN4O3. The third-order valence-electron chi connectivity index (χ3n) is 5.98. The van der Waals surface area contributed by atoms with Crippen molar-refractivity contribution in [1.82, 2.24) is 20.6 Å². The zero-order valence-electron chi connectivity index (χ0n) is 19.8. The van der Waals surface area contributed by atoms with E-state index in [1.54, 1.807) is 30.9 Å². The van der Waals surface area contributed by atoms with E-state index in [4.69, 9.17) is 21.5 Å². The summed E-state index contributed by atoms with van der Waals surface area (Å²) in [6, 6.07) is 16.0. The molecule has 2 atom stereocenters. The van der Waals surface area contributed by atoms with Gasteiger partial charge in [-0.1, -0.05) is 35.9 Å². The average molecular weight is 503 g/mol. The molecule has 0 aliphatic carbocycles. The van der Waals surface area contributed by atoms with Gasteiger partial charge in [0.2, 0.25) is 5.91 Å². The van der Waals surface area contributed by atoms with Crippen molar-refractivity contribution in [3.8, 4) is 0 Å². The molecular weight excluding hydrogens is 471 g/mol. The number of carbonyl (C=O) groups excluding carboxylic acids is 1. The summed E-state index contributed by atoms with van der Waals surface area (Å²) in [6.45, 7) is 2.25. The molecule has 0 aliphatic heterocycles. The van der Waals surface area contributed by atoms with Crippen LogP contribution in [0.1, 0.15) is 42.0 Å². The fraction of sp³-hybridized carbons (Fsp3) is 0.385. The van der Waals surface area contributed by atoms with Gasteiger partial charge in [0.25, 0.3) is 0 Å². The largest absolute Gasteiger partial charge is 0.380 e. The van der Waals surface area contributed by atoms with Gasteiger partial charge in [-0.15, -0.1) is 0 Å². The van der Waals surface area contributed by atoms with Crippen LogP contribution >= 0.6 is 11.6 Å². The molecule has 9 heteroatoms. The van der Waals surface area contributed by atoms with Gasteiger partial charge in [0.1, 0.15) is 5.82 Å². The van der Waals surface area contributed by atoms with E-state index in [1.807, 2.05) is 35.0 Å². The molecule has 1 heterocycles. The van der Waals surface area contributed by atoms with Crippen molar-refractivity contribution in [3.63, 3.8) is 0 Å². The number of unbranched alkanes of at least 4 members (excludes halogenated alkanes) is 1. The minimum absolute atomic E-state index is 0.0176. The third-order valence-corrected chi connectivity index (χ3v) is 6.23. The van der Waals surface area contributed by atoms with E-state index in [2.05, 4.69) is 10.4 Å². The van der Waals surface area contributed by atoms with Gasteiger partial charge in [-0.3, -0.25) is 14.7 Å². The molecule has 0 fully saturated rings. The van der Waals surface area contributed by atoms with E-state index in [1.165, 1.54) is 12.1 Å². The van der Waals surface area contributed by atoms with Crippen molar-refractivity contribution in [2.75, 3.05) is 13.7 Å². The smallest absolute Gasteiger partial charge is 0.245 e. The van der Waals surface area contributed by atoms with Crippen molar-refractivity contribution in [2.45, 2.75) is 50.8 Å². The number of methoxy groups -OCH3 is 1. The SMILES string of the molecule is COC(CC(=O)NO)C(Cc1ccc(Cl)cc1)c1ccnn1CCCCNCc1ccc(F)cc1. The standard InChI is InChI=1S/C26H32ClFN4O3/c1-35-25(17-26(33)31-34)23(16-19-4-8-21(27)9-5-19)24-12-14-30-32(24)15-3-2-13-29-18-20-6-10-22(28)11-7-20/h4-12,14,23,25,29,34H,2-3,13,15-18H2,1H3,(H,31,33). The number of halogens is 2. The maximum absolute atomic E-state index is 13.0. The summed E-state index contributed by atoms with van der Waals surface area (Å²) in [7, 11) is 1.57. The number of amides is 1. The van der Waals surface area contributed by atoms with E-state index in [0.29, 0.717) is 18.0 Å². The van der Waals surface area contributed by atoms with Crippen LogP contribution in [0.5, 0.6) is 0 Å². The highest BCUT2D eigenvalue weighted by Gasteiger charge is 2.28. The molecule has 0 spiro atoms. The highest BCUT2D eigenvalue weighted by molar-refractivity contribution is 6.30. The second-order valence-electron chi connectivity index (χ2n) is 8.44. The molecule has 0 saturated carbocycles. The Kier molecular flexibility index (Phi) is 10.7. The summed E-state index contributed by atoms with van der Waals surface area (Å²) in [5.41, 5.74) is 4.77. The maximum atomic E-state index is 13.0. The van der Waals surface area contributed by atoms with Crippen LogP contribution in [-0.4, -0.2) is 40.7 Å². The first-order valence-electron chi connectivity index (χ1n) is 11.7. The van der Waals surface area contributed by atoms with Crippen LogP contribution in [0.4, 0.5) is 4.39 Å². The highest BCUT2D eigenvalue weighted by Crippen LogP contribution is 2.29. The number of carbonyl (C=O) groups is 1. The molecule has 0 aliphatic rings. The van der Waals surface area contributed by atoms with Crippen molar-refractivity contribution in [2.24, 2.45) is 0 Å². The van der Waals surface area contributed by atoms with Gasteiger partial charge in [-0.05, 0) is 67.3 Å². The average Bonchev–Trinajstić information content (AvgIpc) is 3.33. The Morgan fingerprint density at radius 2 is 1.83 bits per heavy atom. The van der Waals surface area contributed by atoms with Crippen LogP contribution < -0.4 is 10.8 Å². The lowest BCUT2D eigenvalue weighted by molar-refractivity contribution is -0.132. The summed E-state index contributed by atoms with van der Waals surface area (Å²) in [5.74, 6) is -0.889. The first-order valence-corrected chi connectivity index (χ1v) is 12.0. The summed E-state index contributed by atoms with van der Waals surface area (Å²) in [4.78, 5) is 11.9. The van der Waals surface area contributed by atoms with E-state index < -0.39 is 12.0 Å². The number of hydrogen-bond acceptors (Lipinski definition) is 5. The predicted octanol–water partition coefficient (Wildman–Crippen LogP) is 4.48. The van der Waals surface area contributed by atoms with Crippen LogP contribution in [0, 0.1) is 5.82 Å². The molecule has 3 aromatic rings. The Morgan fingerprint density at radius 1 is 1.11 bits per heavy atom. The molecule has 35 heavy (non-hydrogen) atoms. The van der Waals surface area contributed by atoms with Crippen molar-refractivity contribution in [1.29, 1.82) is 0 Å². The molecule has 3 rings (SSSR count). The molecule has 188 valence electrons. The van der Waals surface area contributed by atoms with Crippen LogP contribution in [0.2, 0.25) is 5.02 Å². The monoisotopic (exact) mass is 502 g/mol. The lowest BCUT2D eigenvalue weighted by Crippen LogP contribution is -2.32. The van der Waals surface area contributed by atoms with E-state index in [-0.39, 0.29) is 18.2 Å². The first kappa shape index (κ1) is 26.8. The first-order chi connectivity index (χ1) is 17.0. The lowest BCUT2D eigenvalue weighted by Gasteiger charge is -2.26. The topological polar surface area (TPSA) is 88.4 Å². The highest BCUT2D eigenvalue weighted by atomic mass is 35.5. The lowest BCUT2D eigenvalue weighted by atomic mass is 9.89.